The van der Waals surface area contributed by atoms with Crippen LogP contribution in [-0.2, 0) is 27.4 Å². The van der Waals surface area contributed by atoms with Crippen molar-refractivity contribution in [2.75, 3.05) is 6.61 Å². The number of rotatable bonds is 7. The Morgan fingerprint density at radius 3 is 2.19 bits per heavy atom. The number of hydrogen-bond acceptors (Lipinski definition) is 5. The summed E-state index contributed by atoms with van der Waals surface area (Å²) in [5.41, 5.74) is 1.79. The Balaban J connectivity index is 1.43. The second-order valence-electron chi connectivity index (χ2n) is 7.21. The number of para-hydroxylation sites is 2. The van der Waals surface area contributed by atoms with E-state index in [1.165, 1.54) is 0 Å². The van der Waals surface area contributed by atoms with Crippen LogP contribution in [0.5, 0.6) is 11.5 Å². The predicted molar refractivity (Wildman–Crippen MR) is 115 cm³/mol. The number of esters is 1. The number of carbonyl (C=O) groups is 2. The van der Waals surface area contributed by atoms with Crippen molar-refractivity contribution in [3.8, 4) is 11.5 Å². The van der Waals surface area contributed by atoms with Crippen LogP contribution in [0.25, 0.3) is 0 Å². The van der Waals surface area contributed by atoms with E-state index >= 15 is 0 Å². The fourth-order valence-corrected chi connectivity index (χ4v) is 3.29. The average Bonchev–Trinajstić information content (AvgIpc) is 2.83. The third-order valence-corrected chi connectivity index (χ3v) is 4.91. The molecule has 3 aromatic carbocycles. The zero-order valence-corrected chi connectivity index (χ0v) is 16.9. The molecular formula is C25H23NO5. The van der Waals surface area contributed by atoms with Crippen LogP contribution in [0.4, 0.5) is 0 Å². The largest absolute Gasteiger partial charge is 0.485 e. The van der Waals surface area contributed by atoms with E-state index in [2.05, 4.69) is 5.32 Å². The van der Waals surface area contributed by atoms with Crippen LogP contribution in [0.3, 0.4) is 0 Å². The molecule has 0 spiro atoms. The van der Waals surface area contributed by atoms with Gasteiger partial charge in [-0.3, -0.25) is 4.79 Å². The normalized spacial score (nSPS) is 15.5. The van der Waals surface area contributed by atoms with Crippen molar-refractivity contribution in [2.24, 2.45) is 0 Å². The lowest BCUT2D eigenvalue weighted by Gasteiger charge is -2.27. The minimum atomic E-state index is -0.852. The summed E-state index contributed by atoms with van der Waals surface area (Å²) in [7, 11) is 0. The average molecular weight is 417 g/mol. The molecule has 6 heteroatoms. The molecule has 0 unspecified atom stereocenters. The van der Waals surface area contributed by atoms with E-state index in [0.29, 0.717) is 17.9 Å². The van der Waals surface area contributed by atoms with E-state index < -0.39 is 24.0 Å². The molecule has 1 N–H and O–H groups in total. The molecule has 1 aliphatic rings. The summed E-state index contributed by atoms with van der Waals surface area (Å²) >= 11 is 0. The number of ether oxygens (including phenoxy) is 3. The molecule has 0 saturated carbocycles. The first kappa shape index (κ1) is 20.5. The van der Waals surface area contributed by atoms with Gasteiger partial charge >= 0.3 is 5.97 Å². The fraction of sp³-hybridized carbons (Fsp3) is 0.200. The highest BCUT2D eigenvalue weighted by Crippen LogP contribution is 2.30. The molecule has 1 amide bonds. The molecule has 0 aromatic heterocycles. The Kier molecular flexibility index (Phi) is 6.47. The number of hydrogen-bond donors (Lipinski definition) is 1. The van der Waals surface area contributed by atoms with Crippen LogP contribution in [-0.4, -0.2) is 30.6 Å². The lowest BCUT2D eigenvalue weighted by molar-refractivity contribution is -0.150. The molecule has 1 heterocycles. The Bertz CT molecular complexity index is 1020. The standard InChI is InChI=1S/C25H23NO5/c27-24(23-17-29-21-13-7-8-14-22(21)31-23)26-20(15-18-9-3-1-4-10-18)25(28)30-16-19-11-5-2-6-12-19/h1-14,20,23H,15-17H2,(H,26,27)/t20-,23-/m0/s1. The van der Waals surface area contributed by atoms with Crippen LogP contribution in [0.2, 0.25) is 0 Å². The maximum Gasteiger partial charge on any atom is 0.329 e. The van der Waals surface area contributed by atoms with Crippen molar-refractivity contribution in [1.29, 1.82) is 0 Å². The molecule has 1 aliphatic heterocycles. The molecule has 2 atom stereocenters. The monoisotopic (exact) mass is 417 g/mol. The molecule has 0 radical (unpaired) electrons. The van der Waals surface area contributed by atoms with Crippen LogP contribution in [0, 0.1) is 0 Å². The van der Waals surface area contributed by atoms with Gasteiger partial charge in [0, 0.05) is 6.42 Å². The van der Waals surface area contributed by atoms with Gasteiger partial charge in [-0.25, -0.2) is 4.79 Å². The zero-order valence-electron chi connectivity index (χ0n) is 16.9. The van der Waals surface area contributed by atoms with E-state index in [4.69, 9.17) is 14.2 Å². The predicted octanol–water partition coefficient (Wildman–Crippen LogP) is 3.30. The number of amides is 1. The molecule has 3 aromatic rings. The van der Waals surface area contributed by atoms with Gasteiger partial charge in [0.25, 0.3) is 5.91 Å². The minimum Gasteiger partial charge on any atom is -0.485 e. The van der Waals surface area contributed by atoms with E-state index in [0.717, 1.165) is 11.1 Å². The number of nitrogens with one attached hydrogen (secondary N) is 1. The Labute approximate surface area is 180 Å². The second-order valence-corrected chi connectivity index (χ2v) is 7.21. The Morgan fingerprint density at radius 2 is 1.48 bits per heavy atom. The van der Waals surface area contributed by atoms with E-state index in [1.54, 1.807) is 12.1 Å². The van der Waals surface area contributed by atoms with Crippen molar-refractivity contribution in [3.05, 3.63) is 96.1 Å². The van der Waals surface area contributed by atoms with E-state index in [-0.39, 0.29) is 13.2 Å². The molecule has 0 fully saturated rings. The van der Waals surface area contributed by atoms with Crippen LogP contribution in [0.15, 0.2) is 84.9 Å². The third kappa shape index (κ3) is 5.42. The van der Waals surface area contributed by atoms with Gasteiger partial charge in [0.2, 0.25) is 6.10 Å². The van der Waals surface area contributed by atoms with Crippen molar-refractivity contribution in [1.82, 2.24) is 5.32 Å². The zero-order chi connectivity index (χ0) is 21.5. The summed E-state index contributed by atoms with van der Waals surface area (Å²) in [6, 6.07) is 25.2. The van der Waals surface area contributed by atoms with Gasteiger partial charge in [0.1, 0.15) is 19.3 Å². The van der Waals surface area contributed by atoms with Gasteiger partial charge in [-0.2, -0.15) is 0 Å². The van der Waals surface area contributed by atoms with Crippen LogP contribution >= 0.6 is 0 Å². The lowest BCUT2D eigenvalue weighted by Crippen LogP contribution is -2.51. The van der Waals surface area contributed by atoms with Crippen LogP contribution < -0.4 is 14.8 Å². The highest BCUT2D eigenvalue weighted by molar-refractivity contribution is 5.87. The maximum atomic E-state index is 12.9. The van der Waals surface area contributed by atoms with Gasteiger partial charge in [0.15, 0.2) is 11.5 Å². The number of fused-ring (bicyclic) bond motifs is 1. The highest BCUT2D eigenvalue weighted by atomic mass is 16.6. The summed E-state index contributed by atoms with van der Waals surface area (Å²) in [4.78, 5) is 25.7. The van der Waals surface area contributed by atoms with Crippen molar-refractivity contribution >= 4 is 11.9 Å². The van der Waals surface area contributed by atoms with E-state index in [1.807, 2.05) is 72.8 Å². The molecule has 158 valence electrons. The summed E-state index contributed by atoms with van der Waals surface area (Å²) in [5.74, 6) is 0.167. The first-order valence-electron chi connectivity index (χ1n) is 10.1. The van der Waals surface area contributed by atoms with Gasteiger partial charge in [-0.15, -0.1) is 0 Å². The fourth-order valence-electron chi connectivity index (χ4n) is 3.29. The summed E-state index contributed by atoms with van der Waals surface area (Å²) < 4.78 is 16.9. The topological polar surface area (TPSA) is 73.9 Å². The van der Waals surface area contributed by atoms with Gasteiger partial charge in [-0.1, -0.05) is 72.8 Å². The third-order valence-electron chi connectivity index (χ3n) is 4.91. The maximum absolute atomic E-state index is 12.9. The van der Waals surface area contributed by atoms with Gasteiger partial charge < -0.3 is 19.5 Å². The first-order chi connectivity index (χ1) is 15.2. The molecule has 0 saturated heterocycles. The van der Waals surface area contributed by atoms with Crippen molar-refractivity contribution in [3.63, 3.8) is 0 Å². The Morgan fingerprint density at radius 1 is 0.871 bits per heavy atom. The first-order valence-corrected chi connectivity index (χ1v) is 10.1. The van der Waals surface area contributed by atoms with Gasteiger partial charge in [0.05, 0.1) is 0 Å². The molecular weight excluding hydrogens is 394 g/mol. The number of carbonyl (C=O) groups excluding carboxylic acids is 2. The summed E-state index contributed by atoms with van der Waals surface area (Å²) in [5, 5.41) is 2.78. The van der Waals surface area contributed by atoms with Crippen molar-refractivity contribution in [2.45, 2.75) is 25.2 Å². The molecule has 0 aliphatic carbocycles. The SMILES string of the molecule is O=C(OCc1ccccc1)[C@H](Cc1ccccc1)NC(=O)[C@@H]1COc2ccccc2O1. The minimum absolute atomic E-state index is 0.0694. The molecule has 4 rings (SSSR count). The number of benzene rings is 3. The Hall–Kier alpha value is -3.80. The lowest BCUT2D eigenvalue weighted by atomic mass is 10.1. The highest BCUT2D eigenvalue weighted by Gasteiger charge is 2.31. The molecule has 0 bridgehead atoms. The quantitative estimate of drug-likeness (QED) is 0.597. The van der Waals surface area contributed by atoms with Gasteiger partial charge in [-0.05, 0) is 23.3 Å². The molecule has 31 heavy (non-hydrogen) atoms. The van der Waals surface area contributed by atoms with E-state index in [9.17, 15) is 9.59 Å². The smallest absolute Gasteiger partial charge is 0.329 e. The van der Waals surface area contributed by atoms with Crippen molar-refractivity contribution < 1.29 is 23.8 Å². The summed E-state index contributed by atoms with van der Waals surface area (Å²) in [6.07, 6.45) is -0.542. The molecule has 6 nitrogen and oxygen atoms in total. The second kappa shape index (κ2) is 9.80. The van der Waals surface area contributed by atoms with Crippen LogP contribution in [0.1, 0.15) is 11.1 Å². The summed E-state index contributed by atoms with van der Waals surface area (Å²) in [6.45, 7) is 0.206.